The molecule has 1 aromatic carbocycles. The molecule has 0 unspecified atom stereocenters. The third-order valence-corrected chi connectivity index (χ3v) is 4.36. The molecule has 27 heavy (non-hydrogen) atoms. The summed E-state index contributed by atoms with van der Waals surface area (Å²) in [5, 5.41) is 2.93. The van der Waals surface area contributed by atoms with Gasteiger partial charge in [0, 0.05) is 5.38 Å². The summed E-state index contributed by atoms with van der Waals surface area (Å²) in [5.41, 5.74) is 1.25. The number of furan rings is 1. The molecule has 8 heteroatoms. The molecule has 0 aliphatic carbocycles. The van der Waals surface area contributed by atoms with E-state index >= 15 is 0 Å². The molecule has 0 amide bonds. The summed E-state index contributed by atoms with van der Waals surface area (Å²) in [4.78, 5) is 27.8. The van der Waals surface area contributed by atoms with E-state index < -0.39 is 11.9 Å². The molecule has 0 N–H and O–H groups in total. The number of hydrogen-bond acceptors (Lipinski definition) is 8. The zero-order valence-corrected chi connectivity index (χ0v) is 15.6. The first-order chi connectivity index (χ1) is 13.0. The normalized spacial score (nSPS) is 10.4. The van der Waals surface area contributed by atoms with Crippen molar-refractivity contribution in [3.63, 3.8) is 0 Å². The van der Waals surface area contributed by atoms with Crippen LogP contribution in [0.15, 0.2) is 46.2 Å². The SMILES string of the molecule is COC(=O)c1ccc(COC(=O)c2ccc(OCc3csc(C)n3)cc2)o1. The van der Waals surface area contributed by atoms with Gasteiger partial charge in [-0.3, -0.25) is 0 Å². The van der Waals surface area contributed by atoms with Crippen molar-refractivity contribution in [1.82, 2.24) is 4.98 Å². The van der Waals surface area contributed by atoms with Gasteiger partial charge in [0.2, 0.25) is 5.76 Å². The van der Waals surface area contributed by atoms with E-state index in [0.717, 1.165) is 10.7 Å². The van der Waals surface area contributed by atoms with Crippen LogP contribution in [0.5, 0.6) is 5.75 Å². The first-order valence-corrected chi connectivity index (χ1v) is 8.91. The highest BCUT2D eigenvalue weighted by Crippen LogP contribution is 2.17. The second-order valence-electron chi connectivity index (χ2n) is 5.50. The number of hydrogen-bond donors (Lipinski definition) is 0. The van der Waals surface area contributed by atoms with Crippen LogP contribution >= 0.6 is 11.3 Å². The van der Waals surface area contributed by atoms with Crippen LogP contribution in [0.4, 0.5) is 0 Å². The lowest BCUT2D eigenvalue weighted by molar-refractivity contribution is 0.0438. The van der Waals surface area contributed by atoms with E-state index in [1.807, 2.05) is 12.3 Å². The molecule has 7 nitrogen and oxygen atoms in total. The molecule has 3 aromatic rings. The summed E-state index contributed by atoms with van der Waals surface area (Å²) in [5.74, 6) is -0.0581. The molecule has 0 aliphatic heterocycles. The Morgan fingerprint density at radius 3 is 2.52 bits per heavy atom. The summed E-state index contributed by atoms with van der Waals surface area (Å²) < 4.78 is 20.6. The van der Waals surface area contributed by atoms with Crippen LogP contribution in [0.3, 0.4) is 0 Å². The number of aryl methyl sites for hydroxylation is 1. The number of ether oxygens (including phenoxy) is 3. The molecule has 0 aliphatic rings. The van der Waals surface area contributed by atoms with Gasteiger partial charge in [0.05, 0.1) is 23.4 Å². The number of esters is 2. The average molecular weight is 387 g/mol. The Morgan fingerprint density at radius 2 is 1.85 bits per heavy atom. The average Bonchev–Trinajstić information content (AvgIpc) is 3.33. The predicted octanol–water partition coefficient (Wildman–Crippen LogP) is 3.77. The molecule has 0 saturated heterocycles. The highest BCUT2D eigenvalue weighted by molar-refractivity contribution is 7.09. The topological polar surface area (TPSA) is 87.9 Å². The van der Waals surface area contributed by atoms with Crippen molar-refractivity contribution in [2.45, 2.75) is 20.1 Å². The fraction of sp³-hybridized carbons (Fsp3) is 0.211. The molecule has 0 saturated carbocycles. The molecule has 0 bridgehead atoms. The van der Waals surface area contributed by atoms with E-state index in [4.69, 9.17) is 13.9 Å². The summed E-state index contributed by atoms with van der Waals surface area (Å²) in [6.07, 6.45) is 0. The van der Waals surface area contributed by atoms with Crippen molar-refractivity contribution in [1.29, 1.82) is 0 Å². The lowest BCUT2D eigenvalue weighted by atomic mass is 10.2. The number of thiazole rings is 1. The number of aromatic nitrogens is 1. The van der Waals surface area contributed by atoms with Gasteiger partial charge in [-0.1, -0.05) is 0 Å². The smallest absolute Gasteiger partial charge is 0.373 e. The molecular weight excluding hydrogens is 370 g/mol. The Morgan fingerprint density at radius 1 is 1.07 bits per heavy atom. The maximum atomic E-state index is 12.1. The minimum absolute atomic E-state index is 0.0559. The minimum atomic E-state index is -0.587. The molecular formula is C19H17NO6S. The lowest BCUT2D eigenvalue weighted by Gasteiger charge is -2.06. The van der Waals surface area contributed by atoms with Gasteiger partial charge in [0.15, 0.2) is 0 Å². The lowest BCUT2D eigenvalue weighted by Crippen LogP contribution is -2.05. The highest BCUT2D eigenvalue weighted by atomic mass is 32.1. The quantitative estimate of drug-likeness (QED) is 0.570. The van der Waals surface area contributed by atoms with Gasteiger partial charge in [-0.15, -0.1) is 11.3 Å². The maximum Gasteiger partial charge on any atom is 0.373 e. The fourth-order valence-electron chi connectivity index (χ4n) is 2.20. The summed E-state index contributed by atoms with van der Waals surface area (Å²) in [6, 6.07) is 9.63. The van der Waals surface area contributed by atoms with Gasteiger partial charge in [0.25, 0.3) is 0 Å². The number of benzene rings is 1. The fourth-order valence-corrected chi connectivity index (χ4v) is 2.80. The molecule has 2 aromatic heterocycles. The summed E-state index contributed by atoms with van der Waals surface area (Å²) >= 11 is 1.57. The van der Waals surface area contributed by atoms with E-state index in [0.29, 0.717) is 23.7 Å². The van der Waals surface area contributed by atoms with E-state index in [2.05, 4.69) is 9.72 Å². The predicted molar refractivity (Wildman–Crippen MR) is 96.8 cm³/mol. The molecule has 0 spiro atoms. The van der Waals surface area contributed by atoms with Crippen molar-refractivity contribution in [2.24, 2.45) is 0 Å². The minimum Gasteiger partial charge on any atom is -0.487 e. The summed E-state index contributed by atoms with van der Waals surface area (Å²) in [6.45, 7) is 2.22. The molecule has 140 valence electrons. The van der Waals surface area contributed by atoms with Gasteiger partial charge < -0.3 is 18.6 Å². The molecule has 0 radical (unpaired) electrons. The first kappa shape index (κ1) is 18.7. The Balaban J connectivity index is 1.51. The Bertz CT molecular complexity index is 928. The second kappa shape index (κ2) is 8.50. The van der Waals surface area contributed by atoms with Crippen LogP contribution in [-0.2, 0) is 22.7 Å². The Hall–Kier alpha value is -3.13. The summed E-state index contributed by atoms with van der Waals surface area (Å²) in [7, 11) is 1.26. The van der Waals surface area contributed by atoms with E-state index in [1.54, 1.807) is 41.7 Å². The van der Waals surface area contributed by atoms with Crippen LogP contribution in [-0.4, -0.2) is 24.0 Å². The number of methoxy groups -OCH3 is 1. The zero-order valence-electron chi connectivity index (χ0n) is 14.8. The Labute approximate surface area is 159 Å². The van der Waals surface area contributed by atoms with Crippen molar-refractivity contribution in [2.75, 3.05) is 7.11 Å². The van der Waals surface area contributed by atoms with Gasteiger partial charge in [-0.2, -0.15) is 0 Å². The van der Waals surface area contributed by atoms with Crippen molar-refractivity contribution in [3.05, 3.63) is 69.6 Å². The van der Waals surface area contributed by atoms with E-state index in [1.165, 1.54) is 13.2 Å². The number of carbonyl (C=O) groups is 2. The van der Waals surface area contributed by atoms with Crippen molar-refractivity contribution < 1.29 is 28.2 Å². The van der Waals surface area contributed by atoms with Gasteiger partial charge in [-0.05, 0) is 43.3 Å². The highest BCUT2D eigenvalue weighted by Gasteiger charge is 2.13. The van der Waals surface area contributed by atoms with Crippen LogP contribution in [0, 0.1) is 6.92 Å². The second-order valence-corrected chi connectivity index (χ2v) is 6.57. The van der Waals surface area contributed by atoms with Crippen LogP contribution in [0.2, 0.25) is 0 Å². The molecule has 3 rings (SSSR count). The molecule has 0 fully saturated rings. The number of nitrogens with zero attached hydrogens (tertiary/aromatic N) is 1. The van der Waals surface area contributed by atoms with Crippen molar-refractivity contribution >= 4 is 23.3 Å². The third-order valence-electron chi connectivity index (χ3n) is 3.54. The van der Waals surface area contributed by atoms with Crippen LogP contribution in [0.1, 0.15) is 37.4 Å². The Kier molecular flexibility index (Phi) is 5.87. The monoisotopic (exact) mass is 387 g/mol. The van der Waals surface area contributed by atoms with E-state index in [-0.39, 0.29) is 12.4 Å². The molecule has 0 atom stereocenters. The zero-order chi connectivity index (χ0) is 19.2. The largest absolute Gasteiger partial charge is 0.487 e. The van der Waals surface area contributed by atoms with Crippen LogP contribution in [0.25, 0.3) is 0 Å². The number of carbonyl (C=O) groups excluding carboxylic acids is 2. The maximum absolute atomic E-state index is 12.1. The van der Waals surface area contributed by atoms with Gasteiger partial charge in [0.1, 0.15) is 24.7 Å². The standard InChI is InChI=1S/C19H17NO6S/c1-12-20-14(11-27-12)9-24-15-5-3-13(4-6-15)18(21)25-10-16-7-8-17(26-16)19(22)23-2/h3-8,11H,9-10H2,1-2H3. The first-order valence-electron chi connectivity index (χ1n) is 8.03. The van der Waals surface area contributed by atoms with Crippen LogP contribution < -0.4 is 4.74 Å². The number of rotatable bonds is 7. The van der Waals surface area contributed by atoms with Crippen molar-refractivity contribution in [3.8, 4) is 5.75 Å². The molecule has 2 heterocycles. The third kappa shape index (κ3) is 4.95. The van der Waals surface area contributed by atoms with Gasteiger partial charge in [-0.25, -0.2) is 14.6 Å². The van der Waals surface area contributed by atoms with Gasteiger partial charge >= 0.3 is 11.9 Å². The van der Waals surface area contributed by atoms with E-state index in [9.17, 15) is 9.59 Å².